The Morgan fingerprint density at radius 3 is 2.07 bits per heavy atom. The fourth-order valence-corrected chi connectivity index (χ4v) is 3.00. The van der Waals surface area contributed by atoms with Gasteiger partial charge in [0.15, 0.2) is 0 Å². The van der Waals surface area contributed by atoms with Crippen LogP contribution in [0.25, 0.3) is 0 Å². The Morgan fingerprint density at radius 2 is 1.62 bits per heavy atom. The minimum atomic E-state index is -1.30. The molecule has 0 heterocycles. The second kappa shape index (κ2) is 14.5. The van der Waals surface area contributed by atoms with E-state index in [9.17, 15) is 29.4 Å². The monoisotopic (exact) mass is 452 g/mol. The first-order valence-electron chi connectivity index (χ1n) is 9.22. The summed E-state index contributed by atoms with van der Waals surface area (Å²) in [6, 6.07) is -4.40. The number of amides is 3. The largest absolute Gasteiger partial charge is 0.480 e. The summed E-state index contributed by atoms with van der Waals surface area (Å²) in [6.45, 7) is 2.78. The van der Waals surface area contributed by atoms with Gasteiger partial charge in [-0.25, -0.2) is 4.79 Å². The molecule has 0 spiro atoms. The molecule has 12 heteroatoms. The average molecular weight is 453 g/mol. The first kappa shape index (κ1) is 27.5. The number of nitrogens with one attached hydrogen (secondary N) is 3. The van der Waals surface area contributed by atoms with Gasteiger partial charge in [0, 0.05) is 5.75 Å². The van der Waals surface area contributed by atoms with Crippen molar-refractivity contribution in [2.24, 2.45) is 11.7 Å². The van der Waals surface area contributed by atoms with E-state index in [0.29, 0.717) is 18.6 Å². The molecule has 5 unspecified atom stereocenters. The van der Waals surface area contributed by atoms with Crippen LogP contribution in [0.15, 0.2) is 0 Å². The van der Waals surface area contributed by atoms with Crippen molar-refractivity contribution in [2.45, 2.75) is 50.9 Å². The van der Waals surface area contributed by atoms with Crippen LogP contribution in [0.4, 0.5) is 0 Å². The van der Waals surface area contributed by atoms with Gasteiger partial charge >= 0.3 is 5.97 Å². The number of hydrogen-bond acceptors (Lipinski definition) is 8. The third-order valence-corrected chi connectivity index (χ3v) is 5.39. The number of aliphatic carboxylic acids is 1. The van der Waals surface area contributed by atoms with Gasteiger partial charge in [-0.2, -0.15) is 24.4 Å². The van der Waals surface area contributed by atoms with Gasteiger partial charge in [-0.15, -0.1) is 0 Å². The number of thioether (sulfide) groups is 1. The highest BCUT2D eigenvalue weighted by Gasteiger charge is 2.31. The highest BCUT2D eigenvalue weighted by Crippen LogP contribution is 2.08. The highest BCUT2D eigenvalue weighted by molar-refractivity contribution is 7.98. The Balaban J connectivity index is 4.98. The molecule has 0 aromatic carbocycles. The number of aliphatic hydroxyl groups is 1. The predicted octanol–water partition coefficient (Wildman–Crippen LogP) is -1.43. The van der Waals surface area contributed by atoms with E-state index in [0.717, 1.165) is 0 Å². The minimum absolute atomic E-state index is 0.107. The van der Waals surface area contributed by atoms with Gasteiger partial charge in [0.1, 0.15) is 18.1 Å². The van der Waals surface area contributed by atoms with E-state index >= 15 is 0 Å². The lowest BCUT2D eigenvalue weighted by molar-refractivity contribution is -0.143. The van der Waals surface area contributed by atoms with Crippen LogP contribution in [0.3, 0.4) is 0 Å². The van der Waals surface area contributed by atoms with E-state index in [4.69, 9.17) is 5.73 Å². The van der Waals surface area contributed by atoms with Crippen LogP contribution >= 0.6 is 24.4 Å². The summed E-state index contributed by atoms with van der Waals surface area (Å²) >= 11 is 5.54. The van der Waals surface area contributed by atoms with Gasteiger partial charge in [0.25, 0.3) is 0 Å². The molecule has 168 valence electrons. The Bertz CT molecular complexity index is 566. The molecule has 0 aliphatic heterocycles. The number of carboxylic acid groups (broad SMARTS) is 1. The molecule has 0 saturated carbocycles. The standard InChI is InChI=1S/C17H32N4O6S2/c1-4-9(2)13(17(26)27)21-16(25)12(8-28)20-15(24)11(7-22)19-14(23)10(18)5-6-29-3/h9-13,22,28H,4-8,18H2,1-3H3,(H,19,23)(H,20,24)(H,21,25)(H,26,27). The van der Waals surface area contributed by atoms with Crippen LogP contribution in [0, 0.1) is 5.92 Å². The molecule has 0 aromatic heterocycles. The minimum Gasteiger partial charge on any atom is -0.480 e. The normalized spacial score (nSPS) is 16.1. The molecule has 0 aromatic rings. The highest BCUT2D eigenvalue weighted by atomic mass is 32.2. The molecule has 0 fully saturated rings. The van der Waals surface area contributed by atoms with Crippen LogP contribution in [0.1, 0.15) is 26.7 Å². The summed E-state index contributed by atoms with van der Waals surface area (Å²) in [5.41, 5.74) is 5.74. The molecular weight excluding hydrogens is 420 g/mol. The van der Waals surface area contributed by atoms with Gasteiger partial charge in [-0.1, -0.05) is 20.3 Å². The number of aliphatic hydroxyl groups excluding tert-OH is 1. The molecule has 0 rings (SSSR count). The Kier molecular flexibility index (Phi) is 13.7. The number of thiol groups is 1. The molecule has 0 aliphatic carbocycles. The molecule has 0 saturated heterocycles. The van der Waals surface area contributed by atoms with Crippen LogP contribution in [-0.2, 0) is 19.2 Å². The van der Waals surface area contributed by atoms with E-state index < -0.39 is 54.5 Å². The number of carbonyl (C=O) groups excluding carboxylic acids is 3. The second-order valence-corrected chi connectivity index (χ2v) is 7.94. The van der Waals surface area contributed by atoms with E-state index in [1.165, 1.54) is 11.8 Å². The zero-order valence-electron chi connectivity index (χ0n) is 16.9. The van der Waals surface area contributed by atoms with Crippen molar-refractivity contribution in [3.8, 4) is 0 Å². The Labute approximate surface area is 180 Å². The summed E-state index contributed by atoms with van der Waals surface area (Å²) in [4.78, 5) is 48.2. The quantitative estimate of drug-likeness (QED) is 0.157. The third kappa shape index (κ3) is 9.70. The van der Waals surface area contributed by atoms with E-state index in [1.807, 2.05) is 6.26 Å². The zero-order valence-corrected chi connectivity index (χ0v) is 18.6. The fraction of sp³-hybridized carbons (Fsp3) is 0.765. The lowest BCUT2D eigenvalue weighted by Crippen LogP contribution is -2.59. The molecule has 5 atom stereocenters. The lowest BCUT2D eigenvalue weighted by Gasteiger charge is -2.25. The van der Waals surface area contributed by atoms with Crippen LogP contribution in [0.5, 0.6) is 0 Å². The number of carbonyl (C=O) groups is 4. The first-order chi connectivity index (χ1) is 13.6. The zero-order chi connectivity index (χ0) is 22.6. The predicted molar refractivity (Wildman–Crippen MR) is 115 cm³/mol. The van der Waals surface area contributed by atoms with Crippen molar-refractivity contribution < 1.29 is 29.4 Å². The van der Waals surface area contributed by atoms with Gasteiger partial charge in [0.05, 0.1) is 12.6 Å². The molecule has 29 heavy (non-hydrogen) atoms. The molecular formula is C17H32N4O6S2. The molecule has 0 bridgehead atoms. The summed E-state index contributed by atoms with van der Waals surface area (Å²) in [6.07, 6.45) is 2.80. The van der Waals surface area contributed by atoms with Gasteiger partial charge in [-0.05, 0) is 24.3 Å². The van der Waals surface area contributed by atoms with Crippen molar-refractivity contribution >= 4 is 48.1 Å². The van der Waals surface area contributed by atoms with Crippen molar-refractivity contribution in [3.05, 3.63) is 0 Å². The van der Waals surface area contributed by atoms with Crippen molar-refractivity contribution in [1.82, 2.24) is 16.0 Å². The van der Waals surface area contributed by atoms with E-state index in [1.54, 1.807) is 13.8 Å². The van der Waals surface area contributed by atoms with Crippen LogP contribution < -0.4 is 21.7 Å². The van der Waals surface area contributed by atoms with Gasteiger partial charge in [0.2, 0.25) is 17.7 Å². The maximum atomic E-state index is 12.4. The molecule has 7 N–H and O–H groups in total. The van der Waals surface area contributed by atoms with E-state index in [-0.39, 0.29) is 11.7 Å². The van der Waals surface area contributed by atoms with Crippen molar-refractivity contribution in [3.63, 3.8) is 0 Å². The Hall–Kier alpha value is -1.50. The second-order valence-electron chi connectivity index (χ2n) is 6.59. The summed E-state index contributed by atoms with van der Waals surface area (Å²) in [5, 5.41) is 25.8. The molecule has 3 amide bonds. The lowest BCUT2D eigenvalue weighted by atomic mass is 9.99. The number of hydrogen-bond donors (Lipinski definition) is 7. The summed E-state index contributed by atoms with van der Waals surface area (Å²) in [5.74, 6) is -3.07. The smallest absolute Gasteiger partial charge is 0.326 e. The maximum Gasteiger partial charge on any atom is 0.326 e. The fourth-order valence-electron chi connectivity index (χ4n) is 2.25. The molecule has 10 nitrogen and oxygen atoms in total. The summed E-state index contributed by atoms with van der Waals surface area (Å²) in [7, 11) is 0. The first-order valence-corrected chi connectivity index (χ1v) is 11.3. The number of carboxylic acids is 1. The van der Waals surface area contributed by atoms with Gasteiger partial charge in [-0.3, -0.25) is 14.4 Å². The van der Waals surface area contributed by atoms with Gasteiger partial charge < -0.3 is 31.9 Å². The third-order valence-electron chi connectivity index (χ3n) is 4.38. The number of nitrogens with two attached hydrogens (primary N) is 1. The maximum absolute atomic E-state index is 12.4. The topological polar surface area (TPSA) is 171 Å². The average Bonchev–Trinajstić information content (AvgIpc) is 2.70. The van der Waals surface area contributed by atoms with Crippen molar-refractivity contribution in [2.75, 3.05) is 24.4 Å². The van der Waals surface area contributed by atoms with Crippen LogP contribution in [-0.4, -0.2) is 82.4 Å². The van der Waals surface area contributed by atoms with Crippen molar-refractivity contribution in [1.29, 1.82) is 0 Å². The SMILES string of the molecule is CCC(C)C(NC(=O)C(CS)NC(=O)C(CO)NC(=O)C(N)CCSC)C(=O)O. The Morgan fingerprint density at radius 1 is 1.07 bits per heavy atom. The summed E-state index contributed by atoms with van der Waals surface area (Å²) < 4.78 is 0. The molecule has 0 radical (unpaired) electrons. The van der Waals surface area contributed by atoms with E-state index in [2.05, 4.69) is 28.6 Å². The molecule has 0 aliphatic rings. The number of rotatable bonds is 14. The van der Waals surface area contributed by atoms with Crippen LogP contribution in [0.2, 0.25) is 0 Å².